The summed E-state index contributed by atoms with van der Waals surface area (Å²) in [5.74, 6) is 1.12. The van der Waals surface area contributed by atoms with E-state index in [9.17, 15) is 9.18 Å². The highest BCUT2D eigenvalue weighted by Gasteiger charge is 2.20. The number of ether oxygens (including phenoxy) is 1. The molecule has 35 heavy (non-hydrogen) atoms. The second-order valence-electron chi connectivity index (χ2n) is 8.27. The summed E-state index contributed by atoms with van der Waals surface area (Å²) >= 11 is 1.32. The number of hydrogen-bond donors (Lipinski definition) is 1. The minimum Gasteiger partial charge on any atom is -0.497 e. The van der Waals surface area contributed by atoms with Gasteiger partial charge in [-0.3, -0.25) is 9.36 Å². The fourth-order valence-electron chi connectivity index (χ4n) is 3.82. The molecule has 1 heterocycles. The van der Waals surface area contributed by atoms with Crippen LogP contribution in [0.25, 0.3) is 5.69 Å². The Hall–Kier alpha value is -3.65. The van der Waals surface area contributed by atoms with Crippen molar-refractivity contribution < 1.29 is 13.9 Å². The van der Waals surface area contributed by atoms with Gasteiger partial charge in [0, 0.05) is 0 Å². The quantitative estimate of drug-likeness (QED) is 0.338. The van der Waals surface area contributed by atoms with E-state index in [1.54, 1.807) is 19.2 Å². The molecule has 0 saturated heterocycles. The fraction of sp³-hybridized carbons (Fsp3) is 0.222. The third-order valence-corrected chi connectivity index (χ3v) is 6.62. The predicted octanol–water partition coefficient (Wildman–Crippen LogP) is 5.34. The molecule has 0 aliphatic rings. The number of halogens is 1. The SMILES string of the molecule is COc1ccc(C(NC(=O)CSc2nnc(C)n2-c2cc(C)ccc2C)c2ccc(F)cc2)cc1. The topological polar surface area (TPSA) is 69.0 Å². The standard InChI is InChI=1S/C27H27FN4O2S/c1-17-5-6-18(2)24(15-17)32-19(3)30-31-27(32)35-16-25(33)29-26(20-7-11-22(28)12-8-20)21-9-13-23(34-4)14-10-21/h5-15,26H,16H2,1-4H3,(H,29,33). The number of aromatic nitrogens is 3. The van der Waals surface area contributed by atoms with E-state index < -0.39 is 6.04 Å². The molecule has 0 spiro atoms. The van der Waals surface area contributed by atoms with Crippen LogP contribution in [0.2, 0.25) is 0 Å². The summed E-state index contributed by atoms with van der Waals surface area (Å²) in [5.41, 5.74) is 4.88. The van der Waals surface area contributed by atoms with Gasteiger partial charge in [-0.15, -0.1) is 10.2 Å². The largest absolute Gasteiger partial charge is 0.497 e. The molecule has 4 rings (SSSR count). The molecule has 0 fully saturated rings. The number of benzene rings is 3. The second-order valence-corrected chi connectivity index (χ2v) is 9.21. The Balaban J connectivity index is 1.54. The highest BCUT2D eigenvalue weighted by molar-refractivity contribution is 7.99. The van der Waals surface area contributed by atoms with E-state index in [4.69, 9.17) is 4.74 Å². The van der Waals surface area contributed by atoms with E-state index in [2.05, 4.69) is 33.7 Å². The molecule has 0 saturated carbocycles. The van der Waals surface area contributed by atoms with Gasteiger partial charge in [-0.2, -0.15) is 0 Å². The Kier molecular flexibility index (Phi) is 7.51. The third kappa shape index (κ3) is 5.71. The molecule has 1 N–H and O–H groups in total. The molecule has 8 heteroatoms. The maximum atomic E-state index is 13.5. The predicted molar refractivity (Wildman–Crippen MR) is 136 cm³/mol. The fourth-order valence-corrected chi connectivity index (χ4v) is 4.62. The number of hydrogen-bond acceptors (Lipinski definition) is 5. The van der Waals surface area contributed by atoms with E-state index in [0.29, 0.717) is 5.16 Å². The summed E-state index contributed by atoms with van der Waals surface area (Å²) in [5, 5.41) is 12.3. The van der Waals surface area contributed by atoms with Gasteiger partial charge >= 0.3 is 0 Å². The minimum absolute atomic E-state index is 0.150. The summed E-state index contributed by atoms with van der Waals surface area (Å²) < 4.78 is 20.8. The first-order chi connectivity index (χ1) is 16.9. The number of nitrogens with one attached hydrogen (secondary N) is 1. The lowest BCUT2D eigenvalue weighted by molar-refractivity contribution is -0.119. The molecule has 6 nitrogen and oxygen atoms in total. The molecule has 3 aromatic carbocycles. The van der Waals surface area contributed by atoms with Crippen molar-refractivity contribution >= 4 is 17.7 Å². The molecule has 1 unspecified atom stereocenters. The summed E-state index contributed by atoms with van der Waals surface area (Å²) in [6.45, 7) is 5.97. The molecule has 0 aliphatic carbocycles. The summed E-state index contributed by atoms with van der Waals surface area (Å²) in [7, 11) is 1.60. The summed E-state index contributed by atoms with van der Waals surface area (Å²) in [6, 6.07) is 19.4. The monoisotopic (exact) mass is 490 g/mol. The Morgan fingerprint density at radius 1 is 1.00 bits per heavy atom. The van der Waals surface area contributed by atoms with Crippen molar-refractivity contribution in [2.45, 2.75) is 32.0 Å². The number of carbonyl (C=O) groups is 1. The normalized spacial score (nSPS) is 11.8. The maximum absolute atomic E-state index is 13.5. The highest BCUT2D eigenvalue weighted by Crippen LogP contribution is 2.27. The van der Waals surface area contributed by atoms with Crippen LogP contribution in [0.15, 0.2) is 71.9 Å². The summed E-state index contributed by atoms with van der Waals surface area (Å²) in [4.78, 5) is 13.1. The van der Waals surface area contributed by atoms with Crippen LogP contribution < -0.4 is 10.1 Å². The van der Waals surface area contributed by atoms with Crippen molar-refractivity contribution in [1.29, 1.82) is 0 Å². The van der Waals surface area contributed by atoms with Crippen LogP contribution in [-0.4, -0.2) is 33.5 Å². The van der Waals surface area contributed by atoms with E-state index in [1.807, 2.05) is 49.6 Å². The number of aryl methyl sites for hydroxylation is 3. The molecule has 1 amide bonds. The molecule has 180 valence electrons. The van der Waals surface area contributed by atoms with Crippen LogP contribution >= 0.6 is 11.8 Å². The molecule has 1 aromatic heterocycles. The number of rotatable bonds is 8. The highest BCUT2D eigenvalue weighted by atomic mass is 32.2. The second kappa shape index (κ2) is 10.7. The van der Waals surface area contributed by atoms with Crippen molar-refractivity contribution in [2.75, 3.05) is 12.9 Å². The van der Waals surface area contributed by atoms with Gasteiger partial charge in [0.2, 0.25) is 5.91 Å². The first kappa shape index (κ1) is 24.5. The van der Waals surface area contributed by atoms with Crippen molar-refractivity contribution in [3.8, 4) is 11.4 Å². The lowest BCUT2D eigenvalue weighted by Gasteiger charge is -2.20. The summed E-state index contributed by atoms with van der Waals surface area (Å²) in [6.07, 6.45) is 0. The Morgan fingerprint density at radius 3 is 2.31 bits per heavy atom. The number of amides is 1. The lowest BCUT2D eigenvalue weighted by Crippen LogP contribution is -2.30. The smallest absolute Gasteiger partial charge is 0.231 e. The van der Waals surface area contributed by atoms with Gasteiger partial charge in [0.1, 0.15) is 17.4 Å². The van der Waals surface area contributed by atoms with E-state index in [1.165, 1.54) is 23.9 Å². The molecular weight excluding hydrogens is 463 g/mol. The van der Waals surface area contributed by atoms with Crippen LogP contribution in [0, 0.1) is 26.6 Å². The number of nitrogens with zero attached hydrogens (tertiary/aromatic N) is 3. The third-order valence-electron chi connectivity index (χ3n) is 5.69. The van der Waals surface area contributed by atoms with Crippen LogP contribution in [-0.2, 0) is 4.79 Å². The van der Waals surface area contributed by atoms with Crippen LogP contribution in [0.5, 0.6) is 5.75 Å². The zero-order valence-electron chi connectivity index (χ0n) is 20.1. The molecule has 0 bridgehead atoms. The van der Waals surface area contributed by atoms with Gasteiger partial charge in [0.15, 0.2) is 5.16 Å². The minimum atomic E-state index is -0.437. The van der Waals surface area contributed by atoms with Crippen LogP contribution in [0.4, 0.5) is 4.39 Å². The average Bonchev–Trinajstić information content (AvgIpc) is 3.23. The van der Waals surface area contributed by atoms with E-state index in [-0.39, 0.29) is 17.5 Å². The number of thioether (sulfide) groups is 1. The molecule has 0 aliphatic heterocycles. The van der Waals surface area contributed by atoms with Gasteiger partial charge in [-0.1, -0.05) is 48.2 Å². The zero-order valence-corrected chi connectivity index (χ0v) is 20.9. The van der Waals surface area contributed by atoms with E-state index >= 15 is 0 Å². The molecule has 0 radical (unpaired) electrons. The van der Waals surface area contributed by atoms with E-state index in [0.717, 1.165) is 39.5 Å². The van der Waals surface area contributed by atoms with Crippen molar-refractivity contribution in [1.82, 2.24) is 20.1 Å². The Labute approximate surface area is 208 Å². The first-order valence-electron chi connectivity index (χ1n) is 11.2. The van der Waals surface area contributed by atoms with Gasteiger partial charge < -0.3 is 10.1 Å². The molecule has 4 aromatic rings. The van der Waals surface area contributed by atoms with Crippen molar-refractivity contribution in [2.24, 2.45) is 0 Å². The maximum Gasteiger partial charge on any atom is 0.231 e. The zero-order chi connectivity index (χ0) is 24.9. The average molecular weight is 491 g/mol. The van der Waals surface area contributed by atoms with Crippen LogP contribution in [0.3, 0.4) is 0 Å². The van der Waals surface area contributed by atoms with Gasteiger partial charge in [-0.25, -0.2) is 4.39 Å². The van der Waals surface area contributed by atoms with Crippen LogP contribution in [0.1, 0.15) is 34.1 Å². The first-order valence-corrected chi connectivity index (χ1v) is 12.2. The Morgan fingerprint density at radius 2 is 1.66 bits per heavy atom. The number of carbonyl (C=O) groups excluding carboxylic acids is 1. The van der Waals surface area contributed by atoms with Gasteiger partial charge in [0.25, 0.3) is 0 Å². The van der Waals surface area contributed by atoms with Crippen molar-refractivity contribution in [3.63, 3.8) is 0 Å². The van der Waals surface area contributed by atoms with Crippen molar-refractivity contribution in [3.05, 3.63) is 101 Å². The molecule has 1 atom stereocenters. The lowest BCUT2D eigenvalue weighted by atomic mass is 9.98. The number of methoxy groups -OCH3 is 1. The molecular formula is C27H27FN4O2S. The van der Waals surface area contributed by atoms with Gasteiger partial charge in [-0.05, 0) is 73.4 Å². The Bertz CT molecular complexity index is 1320. The van der Waals surface area contributed by atoms with Gasteiger partial charge in [0.05, 0.1) is 24.6 Å².